The Kier molecular flexibility index (Phi) is 5.15. The number of rotatable bonds is 5. The van der Waals surface area contributed by atoms with E-state index in [2.05, 4.69) is 39.1 Å². The molecule has 0 saturated carbocycles. The minimum Gasteiger partial charge on any atom is -0.360 e. The first-order chi connectivity index (χ1) is 11.5. The van der Waals surface area contributed by atoms with Gasteiger partial charge in [-0.05, 0) is 20.8 Å². The molecule has 1 amide bonds. The maximum atomic E-state index is 12.0. The van der Waals surface area contributed by atoms with Crippen LogP contribution < -0.4 is 10.2 Å². The second-order valence-corrected chi connectivity index (χ2v) is 7.27. The minimum atomic E-state index is -0.0306. The average Bonchev–Trinajstić information content (AvgIpc) is 3.12. The molecule has 1 aliphatic rings. The summed E-state index contributed by atoms with van der Waals surface area (Å²) in [5.41, 5.74) is 1.12. The normalized spacial score (nSPS) is 15.7. The van der Waals surface area contributed by atoms with Gasteiger partial charge in [-0.2, -0.15) is 0 Å². The second-order valence-electron chi connectivity index (χ2n) is 6.09. The molecule has 8 heteroatoms. The van der Waals surface area contributed by atoms with Crippen LogP contribution in [0.1, 0.15) is 22.8 Å². The lowest BCUT2D eigenvalue weighted by molar-refractivity contribution is -0.116. The van der Waals surface area contributed by atoms with Crippen molar-refractivity contribution in [3.05, 3.63) is 22.4 Å². The zero-order chi connectivity index (χ0) is 17.1. The van der Waals surface area contributed by atoms with Crippen LogP contribution in [-0.2, 0) is 4.79 Å². The van der Waals surface area contributed by atoms with Gasteiger partial charge in [0.1, 0.15) is 5.76 Å². The van der Waals surface area contributed by atoms with Crippen LogP contribution in [0.25, 0.3) is 0 Å². The Labute approximate surface area is 145 Å². The summed E-state index contributed by atoms with van der Waals surface area (Å²) in [5, 5.41) is 7.64. The number of aryl methyl sites for hydroxylation is 3. The van der Waals surface area contributed by atoms with Crippen molar-refractivity contribution in [1.29, 1.82) is 0 Å². The minimum absolute atomic E-state index is 0.0306. The Bertz CT molecular complexity index is 684. The van der Waals surface area contributed by atoms with Crippen LogP contribution in [0.15, 0.2) is 10.6 Å². The first kappa shape index (κ1) is 16.9. The average molecular weight is 349 g/mol. The monoisotopic (exact) mass is 349 g/mol. The van der Waals surface area contributed by atoms with Gasteiger partial charge in [-0.3, -0.25) is 9.69 Å². The van der Waals surface area contributed by atoms with E-state index in [1.807, 2.05) is 0 Å². The van der Waals surface area contributed by atoms with Crippen molar-refractivity contribution < 1.29 is 9.32 Å². The lowest BCUT2D eigenvalue weighted by Crippen LogP contribution is -2.47. The molecule has 0 bridgehead atoms. The molecule has 0 radical (unpaired) electrons. The number of anilines is 2. The first-order valence-corrected chi connectivity index (χ1v) is 8.97. The largest absolute Gasteiger partial charge is 0.360 e. The lowest BCUT2D eigenvalue weighted by Gasteiger charge is -2.34. The Morgan fingerprint density at radius 2 is 2.04 bits per heavy atom. The molecule has 7 nitrogen and oxygen atoms in total. The number of hydrogen-bond donors (Lipinski definition) is 1. The Hall–Kier alpha value is -1.93. The summed E-state index contributed by atoms with van der Waals surface area (Å²) in [6, 6.07) is 1.72. The van der Waals surface area contributed by atoms with Gasteiger partial charge in [-0.25, -0.2) is 4.98 Å². The van der Waals surface area contributed by atoms with Gasteiger partial charge in [-0.15, -0.1) is 11.3 Å². The molecule has 2 aromatic rings. The quantitative estimate of drug-likeness (QED) is 0.892. The number of amides is 1. The maximum absolute atomic E-state index is 12.0. The topological polar surface area (TPSA) is 74.5 Å². The highest BCUT2D eigenvalue weighted by Crippen LogP contribution is 2.25. The molecule has 24 heavy (non-hydrogen) atoms. The van der Waals surface area contributed by atoms with E-state index in [0.717, 1.165) is 43.5 Å². The third kappa shape index (κ3) is 4.12. The summed E-state index contributed by atoms with van der Waals surface area (Å²) < 4.78 is 4.94. The summed E-state index contributed by atoms with van der Waals surface area (Å²) in [5.74, 6) is 1.14. The van der Waals surface area contributed by atoms with E-state index >= 15 is 0 Å². The van der Waals surface area contributed by atoms with Crippen LogP contribution in [0.2, 0.25) is 0 Å². The van der Waals surface area contributed by atoms with Gasteiger partial charge in [0.2, 0.25) is 5.91 Å². The van der Waals surface area contributed by atoms with Gasteiger partial charge < -0.3 is 14.7 Å². The van der Waals surface area contributed by atoms with Crippen LogP contribution in [-0.4, -0.2) is 53.7 Å². The molecule has 0 atom stereocenters. The fraction of sp³-hybridized carbons (Fsp3) is 0.562. The molecule has 0 unspecified atom stereocenters. The second kappa shape index (κ2) is 7.31. The highest BCUT2D eigenvalue weighted by molar-refractivity contribution is 7.15. The molecule has 1 N–H and O–H groups in total. The van der Waals surface area contributed by atoms with Gasteiger partial charge in [0.15, 0.2) is 10.9 Å². The molecule has 2 aromatic heterocycles. The number of thiazole rings is 1. The summed E-state index contributed by atoms with van der Waals surface area (Å²) >= 11 is 1.76. The molecule has 1 saturated heterocycles. The van der Waals surface area contributed by atoms with E-state index in [0.29, 0.717) is 18.0 Å². The summed E-state index contributed by atoms with van der Waals surface area (Å²) in [6.07, 6.45) is 0.460. The van der Waals surface area contributed by atoms with Crippen LogP contribution >= 0.6 is 11.3 Å². The number of aromatic nitrogens is 2. The predicted molar refractivity (Wildman–Crippen MR) is 94.7 cm³/mol. The van der Waals surface area contributed by atoms with Crippen molar-refractivity contribution in [2.75, 3.05) is 42.9 Å². The van der Waals surface area contributed by atoms with Crippen molar-refractivity contribution >= 4 is 28.2 Å². The lowest BCUT2D eigenvalue weighted by atomic mass is 10.3. The summed E-state index contributed by atoms with van der Waals surface area (Å²) in [4.78, 5) is 22.5. The number of nitrogens with one attached hydrogen (secondary N) is 1. The standard InChI is InChI=1S/C16H23N5O2S/c1-11-10-14(19-23-11)18-15(22)4-5-20-6-8-21(9-7-20)16-17-12(2)13(3)24-16/h10H,4-9H2,1-3H3,(H,18,19,22). The molecule has 1 fully saturated rings. The Balaban J connectivity index is 1.41. The molecule has 3 heterocycles. The molecule has 130 valence electrons. The molecule has 1 aliphatic heterocycles. The third-order valence-corrected chi connectivity index (χ3v) is 5.34. The highest BCUT2D eigenvalue weighted by Gasteiger charge is 2.20. The number of nitrogens with zero attached hydrogens (tertiary/aromatic N) is 4. The van der Waals surface area contributed by atoms with E-state index in [9.17, 15) is 4.79 Å². The molecular formula is C16H23N5O2S. The van der Waals surface area contributed by atoms with Crippen LogP contribution in [0.3, 0.4) is 0 Å². The van der Waals surface area contributed by atoms with Gasteiger partial charge in [0.25, 0.3) is 0 Å². The van der Waals surface area contributed by atoms with Crippen molar-refractivity contribution in [3.63, 3.8) is 0 Å². The van der Waals surface area contributed by atoms with Crippen molar-refractivity contribution in [2.24, 2.45) is 0 Å². The summed E-state index contributed by atoms with van der Waals surface area (Å²) in [7, 11) is 0. The van der Waals surface area contributed by atoms with Gasteiger partial charge in [0.05, 0.1) is 5.69 Å². The Morgan fingerprint density at radius 1 is 1.29 bits per heavy atom. The number of hydrogen-bond acceptors (Lipinski definition) is 7. The first-order valence-electron chi connectivity index (χ1n) is 8.16. The van der Waals surface area contributed by atoms with Crippen molar-refractivity contribution in [3.8, 4) is 0 Å². The van der Waals surface area contributed by atoms with Crippen LogP contribution in [0.4, 0.5) is 10.9 Å². The number of carbonyl (C=O) groups excluding carboxylic acids is 1. The predicted octanol–water partition coefficient (Wildman–Crippen LogP) is 2.21. The van der Waals surface area contributed by atoms with E-state index in [4.69, 9.17) is 4.52 Å². The van der Waals surface area contributed by atoms with Gasteiger partial charge >= 0.3 is 0 Å². The van der Waals surface area contributed by atoms with Crippen LogP contribution in [0.5, 0.6) is 0 Å². The van der Waals surface area contributed by atoms with Gasteiger partial charge in [-0.1, -0.05) is 5.16 Å². The molecule has 3 rings (SSSR count). The van der Waals surface area contributed by atoms with E-state index in [-0.39, 0.29) is 5.91 Å². The highest BCUT2D eigenvalue weighted by atomic mass is 32.1. The fourth-order valence-electron chi connectivity index (χ4n) is 2.64. The van der Waals surface area contributed by atoms with E-state index in [1.165, 1.54) is 4.88 Å². The van der Waals surface area contributed by atoms with E-state index < -0.39 is 0 Å². The Morgan fingerprint density at radius 3 is 2.62 bits per heavy atom. The molecular weight excluding hydrogens is 326 g/mol. The number of piperazine rings is 1. The fourth-order valence-corrected chi connectivity index (χ4v) is 3.61. The number of carbonyl (C=O) groups is 1. The third-order valence-electron chi connectivity index (χ3n) is 4.21. The maximum Gasteiger partial charge on any atom is 0.226 e. The summed E-state index contributed by atoms with van der Waals surface area (Å²) in [6.45, 7) is 10.5. The zero-order valence-electron chi connectivity index (χ0n) is 14.3. The SMILES string of the molecule is Cc1cc(NC(=O)CCN2CCN(c3nc(C)c(C)s3)CC2)no1. The van der Waals surface area contributed by atoms with Crippen molar-refractivity contribution in [2.45, 2.75) is 27.2 Å². The smallest absolute Gasteiger partial charge is 0.226 e. The van der Waals surface area contributed by atoms with Crippen molar-refractivity contribution in [1.82, 2.24) is 15.0 Å². The molecule has 0 aromatic carbocycles. The zero-order valence-corrected chi connectivity index (χ0v) is 15.2. The van der Waals surface area contributed by atoms with Gasteiger partial charge in [0, 0.05) is 50.1 Å². The molecule has 0 aliphatic carbocycles. The molecule has 0 spiro atoms. The van der Waals surface area contributed by atoms with E-state index in [1.54, 1.807) is 24.3 Å². The van der Waals surface area contributed by atoms with Crippen LogP contribution in [0, 0.1) is 20.8 Å².